The summed E-state index contributed by atoms with van der Waals surface area (Å²) < 4.78 is 5.10. The van der Waals surface area contributed by atoms with Crippen LogP contribution in [-0.4, -0.2) is 39.6 Å². The predicted octanol–water partition coefficient (Wildman–Crippen LogP) is 3.85. The van der Waals surface area contributed by atoms with Crippen LogP contribution in [0.5, 0.6) is 17.2 Å². The van der Waals surface area contributed by atoms with Crippen molar-refractivity contribution in [3.63, 3.8) is 0 Å². The summed E-state index contributed by atoms with van der Waals surface area (Å²) in [5.41, 5.74) is 0.00833. The summed E-state index contributed by atoms with van der Waals surface area (Å²) in [7, 11) is 0. The molecule has 0 fully saturated rings. The van der Waals surface area contributed by atoms with E-state index in [0.29, 0.717) is 13.2 Å². The second kappa shape index (κ2) is 12.4. The summed E-state index contributed by atoms with van der Waals surface area (Å²) in [5.74, 6) is -2.38. The number of unbranched alkanes of at least 4 members (excludes halogenated alkanes) is 9. The van der Waals surface area contributed by atoms with Crippen molar-refractivity contribution in [1.82, 2.24) is 0 Å². The summed E-state index contributed by atoms with van der Waals surface area (Å²) in [6.07, 6.45) is 10.9. The first kappa shape index (κ1) is 21.1. The van der Waals surface area contributed by atoms with Crippen molar-refractivity contribution in [3.05, 3.63) is 17.7 Å². The number of hydrogen-bond donors (Lipinski definition) is 4. The quantitative estimate of drug-likeness (QED) is 0.243. The lowest BCUT2D eigenvalue weighted by molar-refractivity contribution is 0.0496. The van der Waals surface area contributed by atoms with Gasteiger partial charge in [-0.3, -0.25) is 0 Å². The molecule has 0 atom stereocenters. The van der Waals surface area contributed by atoms with Crippen LogP contribution in [0.25, 0.3) is 0 Å². The number of phenols is 3. The normalized spacial score (nSPS) is 10.8. The molecule has 0 spiro atoms. The molecular formula is C19H30O6. The number of carbonyl (C=O) groups is 1. The summed E-state index contributed by atoms with van der Waals surface area (Å²) in [6, 6.07) is 2.13. The number of ether oxygens (including phenoxy) is 1. The fourth-order valence-electron chi connectivity index (χ4n) is 2.60. The number of hydrogen-bond acceptors (Lipinski definition) is 6. The highest BCUT2D eigenvalue weighted by Crippen LogP contribution is 2.35. The second-order valence-corrected chi connectivity index (χ2v) is 6.26. The van der Waals surface area contributed by atoms with Gasteiger partial charge in [-0.15, -0.1) is 0 Å². The highest BCUT2D eigenvalue weighted by Gasteiger charge is 2.14. The molecule has 6 nitrogen and oxygen atoms in total. The van der Waals surface area contributed by atoms with Crippen molar-refractivity contribution in [2.75, 3.05) is 13.2 Å². The van der Waals surface area contributed by atoms with Gasteiger partial charge in [0, 0.05) is 6.61 Å². The van der Waals surface area contributed by atoms with E-state index in [-0.39, 0.29) is 5.56 Å². The van der Waals surface area contributed by atoms with Crippen molar-refractivity contribution in [1.29, 1.82) is 0 Å². The number of aromatic hydroxyl groups is 3. The Morgan fingerprint density at radius 3 is 1.68 bits per heavy atom. The van der Waals surface area contributed by atoms with Crippen molar-refractivity contribution < 1.29 is 30.0 Å². The molecule has 0 unspecified atom stereocenters. The molecule has 0 bridgehead atoms. The van der Waals surface area contributed by atoms with Crippen LogP contribution < -0.4 is 0 Å². The molecule has 0 aliphatic heterocycles. The third kappa shape index (κ3) is 8.63. The Balaban J connectivity index is 2.04. The summed E-state index contributed by atoms with van der Waals surface area (Å²) in [4.78, 5) is 11.8. The van der Waals surface area contributed by atoms with Crippen LogP contribution in [0.3, 0.4) is 0 Å². The smallest absolute Gasteiger partial charge is 0.338 e. The van der Waals surface area contributed by atoms with E-state index in [0.717, 1.165) is 44.2 Å². The molecule has 0 aromatic heterocycles. The van der Waals surface area contributed by atoms with Crippen molar-refractivity contribution in [2.45, 2.75) is 64.2 Å². The van der Waals surface area contributed by atoms with Gasteiger partial charge < -0.3 is 25.2 Å². The molecule has 25 heavy (non-hydrogen) atoms. The second-order valence-electron chi connectivity index (χ2n) is 6.26. The minimum absolute atomic E-state index is 0.00833. The lowest BCUT2D eigenvalue weighted by Gasteiger charge is -2.07. The van der Waals surface area contributed by atoms with E-state index in [9.17, 15) is 20.1 Å². The van der Waals surface area contributed by atoms with Crippen LogP contribution in [0.15, 0.2) is 12.1 Å². The largest absolute Gasteiger partial charge is 0.504 e. The minimum Gasteiger partial charge on any atom is -0.504 e. The maximum Gasteiger partial charge on any atom is 0.338 e. The number of esters is 1. The Morgan fingerprint density at radius 2 is 1.20 bits per heavy atom. The van der Waals surface area contributed by atoms with Crippen LogP contribution >= 0.6 is 0 Å². The van der Waals surface area contributed by atoms with E-state index in [1.165, 1.54) is 32.1 Å². The van der Waals surface area contributed by atoms with Gasteiger partial charge in [0.05, 0.1) is 12.2 Å². The van der Waals surface area contributed by atoms with Crippen molar-refractivity contribution >= 4 is 5.97 Å². The SMILES string of the molecule is O=C(OCCCCCCCCCCCCO)c1cc(O)c(O)c(O)c1. The molecule has 1 rings (SSSR count). The molecule has 0 aliphatic carbocycles. The third-order valence-corrected chi connectivity index (χ3v) is 4.09. The molecule has 0 saturated carbocycles. The van der Waals surface area contributed by atoms with Gasteiger partial charge in [0.1, 0.15) is 0 Å². The molecule has 6 heteroatoms. The summed E-state index contributed by atoms with van der Waals surface area (Å²) >= 11 is 0. The molecule has 0 aliphatic rings. The molecule has 142 valence electrons. The first-order chi connectivity index (χ1) is 12.1. The Morgan fingerprint density at radius 1 is 0.760 bits per heavy atom. The fraction of sp³-hybridized carbons (Fsp3) is 0.632. The molecule has 1 aromatic rings. The minimum atomic E-state index is -0.648. The van der Waals surface area contributed by atoms with Gasteiger partial charge in [-0.1, -0.05) is 51.4 Å². The third-order valence-electron chi connectivity index (χ3n) is 4.09. The number of aliphatic hydroxyl groups excluding tert-OH is 1. The number of rotatable bonds is 13. The summed E-state index contributed by atoms with van der Waals surface area (Å²) in [6.45, 7) is 0.585. The van der Waals surface area contributed by atoms with Gasteiger partial charge >= 0.3 is 5.97 Å². The maximum absolute atomic E-state index is 11.8. The molecule has 0 heterocycles. The van der Waals surface area contributed by atoms with Gasteiger partial charge in [0.15, 0.2) is 17.2 Å². The Labute approximate surface area is 149 Å². The van der Waals surface area contributed by atoms with Crippen LogP contribution in [0.1, 0.15) is 74.6 Å². The topological polar surface area (TPSA) is 107 Å². The van der Waals surface area contributed by atoms with Gasteiger partial charge in [0.2, 0.25) is 0 Å². The average molecular weight is 354 g/mol. The molecule has 0 amide bonds. The Hall–Kier alpha value is -1.95. The highest BCUT2D eigenvalue weighted by atomic mass is 16.5. The molecular weight excluding hydrogens is 324 g/mol. The zero-order valence-electron chi connectivity index (χ0n) is 14.7. The number of aliphatic hydroxyl groups is 1. The van der Waals surface area contributed by atoms with Crippen LogP contribution in [0, 0.1) is 0 Å². The predicted molar refractivity (Wildman–Crippen MR) is 95.0 cm³/mol. The zero-order valence-corrected chi connectivity index (χ0v) is 14.7. The van der Waals surface area contributed by atoms with Crippen LogP contribution in [-0.2, 0) is 4.74 Å². The molecule has 0 radical (unpaired) electrons. The van der Waals surface area contributed by atoms with E-state index in [2.05, 4.69) is 0 Å². The van der Waals surface area contributed by atoms with Crippen LogP contribution in [0.4, 0.5) is 0 Å². The van der Waals surface area contributed by atoms with E-state index in [1.807, 2.05) is 0 Å². The van der Waals surface area contributed by atoms with E-state index >= 15 is 0 Å². The first-order valence-electron chi connectivity index (χ1n) is 9.09. The zero-order chi connectivity index (χ0) is 18.5. The standard InChI is InChI=1S/C19H30O6/c20-11-9-7-5-3-1-2-4-6-8-10-12-25-19(24)15-13-16(21)18(23)17(22)14-15/h13-14,20-23H,1-12H2. The van der Waals surface area contributed by atoms with Crippen molar-refractivity contribution in [3.8, 4) is 17.2 Å². The number of carbonyl (C=O) groups excluding carboxylic acids is 1. The van der Waals surface area contributed by atoms with E-state index in [1.54, 1.807) is 0 Å². The molecule has 0 saturated heterocycles. The highest BCUT2D eigenvalue weighted by molar-refractivity contribution is 5.91. The Bertz CT molecular complexity index is 492. The van der Waals surface area contributed by atoms with Gasteiger partial charge in [-0.25, -0.2) is 4.79 Å². The number of phenolic OH excluding ortho intramolecular Hbond substituents is 3. The lowest BCUT2D eigenvalue weighted by Crippen LogP contribution is -2.06. The fourth-order valence-corrected chi connectivity index (χ4v) is 2.60. The Kier molecular flexibility index (Phi) is 10.5. The lowest BCUT2D eigenvalue weighted by atomic mass is 10.1. The molecule has 4 N–H and O–H groups in total. The number of benzene rings is 1. The van der Waals surface area contributed by atoms with Crippen molar-refractivity contribution in [2.24, 2.45) is 0 Å². The summed E-state index contributed by atoms with van der Waals surface area (Å²) in [5, 5.41) is 36.7. The molecule has 1 aromatic carbocycles. The van der Waals surface area contributed by atoms with Gasteiger partial charge in [-0.05, 0) is 25.0 Å². The average Bonchev–Trinajstić information content (AvgIpc) is 2.60. The monoisotopic (exact) mass is 354 g/mol. The van der Waals surface area contributed by atoms with Crippen LogP contribution in [0.2, 0.25) is 0 Å². The maximum atomic E-state index is 11.8. The van der Waals surface area contributed by atoms with Gasteiger partial charge in [-0.2, -0.15) is 0 Å². The van der Waals surface area contributed by atoms with E-state index in [4.69, 9.17) is 9.84 Å². The first-order valence-corrected chi connectivity index (χ1v) is 9.09. The van der Waals surface area contributed by atoms with E-state index < -0.39 is 23.2 Å². The van der Waals surface area contributed by atoms with Gasteiger partial charge in [0.25, 0.3) is 0 Å².